The van der Waals surface area contributed by atoms with Gasteiger partial charge < -0.3 is 10.5 Å². The Bertz CT molecular complexity index is 413. The van der Waals surface area contributed by atoms with E-state index in [0.717, 1.165) is 36.5 Å². The molecule has 2 rings (SSSR count). The van der Waals surface area contributed by atoms with Gasteiger partial charge in [0.15, 0.2) is 0 Å². The topological polar surface area (TPSA) is 38.5 Å². The fourth-order valence-corrected chi connectivity index (χ4v) is 3.08. The zero-order valence-electron chi connectivity index (χ0n) is 11.7. The second-order valence-corrected chi connectivity index (χ2v) is 5.59. The number of nitrogens with two attached hydrogens (primary N) is 1. The first-order chi connectivity index (χ1) is 9.17. The van der Waals surface area contributed by atoms with Gasteiger partial charge in [-0.25, -0.2) is 0 Å². The summed E-state index contributed by atoms with van der Waals surface area (Å²) in [5.74, 6) is 0. The van der Waals surface area contributed by atoms with E-state index < -0.39 is 0 Å². The molecule has 1 aliphatic heterocycles. The first-order valence-corrected chi connectivity index (χ1v) is 7.32. The number of rotatable bonds is 5. The number of methoxy groups -OCH3 is 1. The number of ether oxygens (including phenoxy) is 1. The van der Waals surface area contributed by atoms with E-state index in [1.165, 1.54) is 0 Å². The summed E-state index contributed by atoms with van der Waals surface area (Å²) in [6.45, 7) is 4.07. The highest BCUT2D eigenvalue weighted by Crippen LogP contribution is 2.33. The van der Waals surface area contributed by atoms with Crippen molar-refractivity contribution in [2.75, 3.05) is 20.2 Å². The maximum absolute atomic E-state index is 6.36. The normalized spacial score (nSPS) is 23.5. The molecule has 3 unspecified atom stereocenters. The van der Waals surface area contributed by atoms with E-state index >= 15 is 0 Å². The van der Waals surface area contributed by atoms with Crippen LogP contribution in [0, 0.1) is 0 Å². The van der Waals surface area contributed by atoms with Crippen LogP contribution in [0.3, 0.4) is 0 Å². The smallest absolute Gasteiger partial charge is 0.0710 e. The van der Waals surface area contributed by atoms with Gasteiger partial charge in [-0.2, -0.15) is 0 Å². The molecule has 1 aromatic carbocycles. The van der Waals surface area contributed by atoms with Crippen LogP contribution in [0.1, 0.15) is 31.4 Å². The second kappa shape index (κ2) is 6.71. The van der Waals surface area contributed by atoms with Crippen molar-refractivity contribution in [3.63, 3.8) is 0 Å². The van der Waals surface area contributed by atoms with E-state index in [1.807, 2.05) is 18.2 Å². The Hall–Kier alpha value is -0.610. The first-order valence-electron chi connectivity index (χ1n) is 6.94. The molecular weight excluding hydrogens is 260 g/mol. The third-order valence-corrected chi connectivity index (χ3v) is 4.35. The number of benzene rings is 1. The summed E-state index contributed by atoms with van der Waals surface area (Å²) in [5.41, 5.74) is 7.48. The van der Waals surface area contributed by atoms with Crippen LogP contribution in [-0.4, -0.2) is 37.2 Å². The molecule has 4 heteroatoms. The average Bonchev–Trinajstić information content (AvgIpc) is 2.89. The van der Waals surface area contributed by atoms with Crippen LogP contribution in [0.2, 0.25) is 5.02 Å². The lowest BCUT2D eigenvalue weighted by atomic mass is 9.96. The number of halogens is 1. The summed E-state index contributed by atoms with van der Waals surface area (Å²) in [6, 6.07) is 8.29. The van der Waals surface area contributed by atoms with Crippen molar-refractivity contribution in [2.45, 2.75) is 38.0 Å². The highest BCUT2D eigenvalue weighted by atomic mass is 35.5. The van der Waals surface area contributed by atoms with Gasteiger partial charge in [-0.3, -0.25) is 4.90 Å². The summed E-state index contributed by atoms with van der Waals surface area (Å²) in [4.78, 5) is 2.41. The number of nitrogens with zero attached hydrogens (tertiary/aromatic N) is 1. The van der Waals surface area contributed by atoms with Crippen LogP contribution in [0.25, 0.3) is 0 Å². The fraction of sp³-hybridized carbons (Fsp3) is 0.600. The predicted octanol–water partition coefficient (Wildman–Crippen LogP) is 2.84. The summed E-state index contributed by atoms with van der Waals surface area (Å²) in [7, 11) is 1.78. The van der Waals surface area contributed by atoms with Gasteiger partial charge in [-0.15, -0.1) is 0 Å². The van der Waals surface area contributed by atoms with Gasteiger partial charge in [0.2, 0.25) is 0 Å². The highest BCUT2D eigenvalue weighted by molar-refractivity contribution is 6.31. The Morgan fingerprint density at radius 1 is 1.47 bits per heavy atom. The zero-order chi connectivity index (χ0) is 13.8. The average molecular weight is 283 g/mol. The van der Waals surface area contributed by atoms with Crippen molar-refractivity contribution in [1.29, 1.82) is 0 Å². The first kappa shape index (κ1) is 14.8. The number of hydrogen-bond acceptors (Lipinski definition) is 3. The summed E-state index contributed by atoms with van der Waals surface area (Å²) >= 11 is 6.36. The Morgan fingerprint density at radius 2 is 2.21 bits per heavy atom. The molecule has 0 aromatic heterocycles. The Labute approximate surface area is 120 Å². The van der Waals surface area contributed by atoms with Crippen LogP contribution >= 0.6 is 11.6 Å². The maximum Gasteiger partial charge on any atom is 0.0710 e. The molecule has 0 saturated carbocycles. The molecule has 1 fully saturated rings. The lowest BCUT2D eigenvalue weighted by Gasteiger charge is -2.33. The van der Waals surface area contributed by atoms with Crippen molar-refractivity contribution in [3.05, 3.63) is 34.9 Å². The highest BCUT2D eigenvalue weighted by Gasteiger charge is 2.33. The van der Waals surface area contributed by atoms with Gasteiger partial charge in [-0.1, -0.05) is 36.7 Å². The van der Waals surface area contributed by atoms with Crippen molar-refractivity contribution >= 4 is 11.6 Å². The van der Waals surface area contributed by atoms with Gasteiger partial charge in [0.1, 0.15) is 0 Å². The molecule has 0 amide bonds. The van der Waals surface area contributed by atoms with E-state index in [1.54, 1.807) is 7.11 Å². The molecule has 106 valence electrons. The Kier molecular flexibility index (Phi) is 5.22. The minimum Gasteiger partial charge on any atom is -0.380 e. The lowest BCUT2D eigenvalue weighted by molar-refractivity contribution is 0.0971. The van der Waals surface area contributed by atoms with E-state index in [2.05, 4.69) is 17.9 Å². The summed E-state index contributed by atoms with van der Waals surface area (Å²) in [6.07, 6.45) is 2.31. The SMILES string of the molecule is CCC(N)C(c1ccccc1Cl)N1CCC(OC)C1. The van der Waals surface area contributed by atoms with Gasteiger partial charge >= 0.3 is 0 Å². The number of likely N-dealkylation sites (tertiary alicyclic amines) is 1. The molecule has 3 atom stereocenters. The largest absolute Gasteiger partial charge is 0.380 e. The van der Waals surface area contributed by atoms with Crippen LogP contribution in [-0.2, 0) is 4.74 Å². The third kappa shape index (κ3) is 3.29. The minimum atomic E-state index is 0.0931. The Balaban J connectivity index is 2.25. The maximum atomic E-state index is 6.36. The molecule has 1 aliphatic rings. The fourth-order valence-electron chi connectivity index (χ4n) is 2.84. The summed E-state index contributed by atoms with van der Waals surface area (Å²) < 4.78 is 5.46. The monoisotopic (exact) mass is 282 g/mol. The lowest BCUT2D eigenvalue weighted by Crippen LogP contribution is -2.40. The molecule has 0 bridgehead atoms. The van der Waals surface area contributed by atoms with Crippen molar-refractivity contribution in [3.8, 4) is 0 Å². The summed E-state index contributed by atoms with van der Waals surface area (Å²) in [5, 5.41) is 0.803. The molecule has 0 radical (unpaired) electrons. The van der Waals surface area contributed by atoms with Crippen molar-refractivity contribution < 1.29 is 4.74 Å². The van der Waals surface area contributed by atoms with Gasteiger partial charge in [0.05, 0.1) is 12.1 Å². The van der Waals surface area contributed by atoms with E-state index in [4.69, 9.17) is 22.1 Å². The van der Waals surface area contributed by atoms with Crippen LogP contribution in [0.4, 0.5) is 0 Å². The third-order valence-electron chi connectivity index (χ3n) is 4.00. The second-order valence-electron chi connectivity index (χ2n) is 5.18. The quantitative estimate of drug-likeness (QED) is 0.902. The van der Waals surface area contributed by atoms with Crippen LogP contribution < -0.4 is 5.73 Å². The molecule has 19 heavy (non-hydrogen) atoms. The van der Waals surface area contributed by atoms with Crippen LogP contribution in [0.5, 0.6) is 0 Å². The van der Waals surface area contributed by atoms with E-state index in [-0.39, 0.29) is 12.1 Å². The zero-order valence-corrected chi connectivity index (χ0v) is 12.4. The molecule has 1 aromatic rings. The Morgan fingerprint density at radius 3 is 2.79 bits per heavy atom. The van der Waals surface area contributed by atoms with E-state index in [0.29, 0.717) is 6.10 Å². The standard InChI is InChI=1S/C15H23ClN2O/c1-3-14(17)15(12-6-4-5-7-13(12)16)18-9-8-11(10-18)19-2/h4-7,11,14-15H,3,8-10,17H2,1-2H3. The van der Waals surface area contributed by atoms with Gasteiger partial charge in [0, 0.05) is 31.3 Å². The number of hydrogen-bond donors (Lipinski definition) is 1. The molecule has 3 nitrogen and oxygen atoms in total. The van der Waals surface area contributed by atoms with Gasteiger partial charge in [0.25, 0.3) is 0 Å². The van der Waals surface area contributed by atoms with Gasteiger partial charge in [-0.05, 0) is 24.5 Å². The minimum absolute atomic E-state index is 0.0931. The molecule has 0 spiro atoms. The molecule has 0 aliphatic carbocycles. The van der Waals surface area contributed by atoms with Crippen LogP contribution in [0.15, 0.2) is 24.3 Å². The predicted molar refractivity (Wildman–Crippen MR) is 79.4 cm³/mol. The van der Waals surface area contributed by atoms with Crippen molar-refractivity contribution in [2.24, 2.45) is 5.73 Å². The van der Waals surface area contributed by atoms with E-state index in [9.17, 15) is 0 Å². The van der Waals surface area contributed by atoms with Crippen molar-refractivity contribution in [1.82, 2.24) is 4.90 Å². The molecule has 2 N–H and O–H groups in total. The molecular formula is C15H23ClN2O. The molecule has 1 saturated heterocycles. The molecule has 1 heterocycles.